The number of likely N-dealkylation sites (tertiary alicyclic amines) is 1. The van der Waals surface area contributed by atoms with Gasteiger partial charge in [0.25, 0.3) is 0 Å². The molecule has 1 aromatic rings. The summed E-state index contributed by atoms with van der Waals surface area (Å²) < 4.78 is 5.03. The van der Waals surface area contributed by atoms with Crippen LogP contribution in [0, 0.1) is 5.92 Å². The number of benzene rings is 1. The van der Waals surface area contributed by atoms with Gasteiger partial charge in [-0.3, -0.25) is 14.5 Å². The average Bonchev–Trinajstić information content (AvgIpc) is 2.84. The van der Waals surface area contributed by atoms with Gasteiger partial charge < -0.3 is 4.74 Å². The smallest absolute Gasteiger partial charge is 0.317 e. The van der Waals surface area contributed by atoms with E-state index in [-0.39, 0.29) is 11.3 Å². The van der Waals surface area contributed by atoms with Gasteiger partial charge in [0.2, 0.25) is 0 Å². The Kier molecular flexibility index (Phi) is 4.00. The van der Waals surface area contributed by atoms with Crippen molar-refractivity contribution in [1.82, 2.24) is 4.90 Å². The van der Waals surface area contributed by atoms with Gasteiger partial charge >= 0.3 is 5.97 Å². The molecule has 118 valence electrons. The summed E-state index contributed by atoms with van der Waals surface area (Å²) in [5.41, 5.74) is 1.96. The highest BCUT2D eigenvalue weighted by Crippen LogP contribution is 2.48. The number of rotatable bonds is 2. The molecule has 1 aliphatic carbocycles. The van der Waals surface area contributed by atoms with E-state index < -0.39 is 11.9 Å². The average molecular weight is 322 g/mol. The van der Waals surface area contributed by atoms with E-state index in [1.807, 2.05) is 19.2 Å². The number of fused-ring (bicyclic) bond motifs is 2. The monoisotopic (exact) mass is 321 g/mol. The molecule has 2 atom stereocenters. The molecule has 1 fully saturated rings. The third-order valence-corrected chi connectivity index (χ3v) is 5.38. The van der Waals surface area contributed by atoms with Crippen LogP contribution in [0.1, 0.15) is 30.9 Å². The van der Waals surface area contributed by atoms with Crippen LogP contribution in [-0.4, -0.2) is 36.9 Å². The number of halogens is 1. The maximum absolute atomic E-state index is 12.6. The molecule has 1 saturated heterocycles. The predicted octanol–water partition coefficient (Wildman–Crippen LogP) is 2.57. The fourth-order valence-corrected chi connectivity index (χ4v) is 4.11. The summed E-state index contributed by atoms with van der Waals surface area (Å²) in [7, 11) is 1.98. The predicted molar refractivity (Wildman–Crippen MR) is 83.8 cm³/mol. The number of ketones is 1. The molecule has 22 heavy (non-hydrogen) atoms. The molecule has 1 spiro atoms. The zero-order valence-corrected chi connectivity index (χ0v) is 13.7. The first-order valence-corrected chi connectivity index (χ1v) is 8.06. The zero-order chi connectivity index (χ0) is 15.9. The minimum absolute atomic E-state index is 0.0237. The molecule has 5 heteroatoms. The number of esters is 1. The maximum Gasteiger partial charge on any atom is 0.317 e. The quantitative estimate of drug-likeness (QED) is 0.620. The van der Waals surface area contributed by atoms with Crippen molar-refractivity contribution in [3.8, 4) is 0 Å². The molecule has 3 rings (SSSR count). The number of carbonyl (C=O) groups excluding carboxylic acids is 2. The number of hydrogen-bond donors (Lipinski definition) is 0. The van der Waals surface area contributed by atoms with Crippen LogP contribution in [0.15, 0.2) is 18.2 Å². The summed E-state index contributed by atoms with van der Waals surface area (Å²) in [6.07, 6.45) is 2.08. The topological polar surface area (TPSA) is 46.6 Å². The molecule has 0 N–H and O–H groups in total. The minimum atomic E-state index is -0.668. The second-order valence-electron chi connectivity index (χ2n) is 6.13. The van der Waals surface area contributed by atoms with Gasteiger partial charge in [-0.1, -0.05) is 23.7 Å². The van der Waals surface area contributed by atoms with Crippen molar-refractivity contribution in [3.63, 3.8) is 0 Å². The molecule has 0 bridgehead atoms. The van der Waals surface area contributed by atoms with Gasteiger partial charge in [-0.15, -0.1) is 0 Å². The van der Waals surface area contributed by atoms with E-state index in [2.05, 4.69) is 11.0 Å². The maximum atomic E-state index is 12.6. The van der Waals surface area contributed by atoms with Gasteiger partial charge in [-0.25, -0.2) is 0 Å². The van der Waals surface area contributed by atoms with Crippen molar-refractivity contribution in [2.45, 2.75) is 31.7 Å². The fraction of sp³-hybridized carbons (Fsp3) is 0.529. The van der Waals surface area contributed by atoms with Crippen molar-refractivity contribution in [3.05, 3.63) is 34.3 Å². The number of carbonyl (C=O) groups is 2. The molecular formula is C17H20ClNO3. The molecule has 2 unspecified atom stereocenters. The molecule has 0 saturated carbocycles. The second-order valence-corrected chi connectivity index (χ2v) is 6.53. The third-order valence-electron chi connectivity index (χ3n) is 5.02. The summed E-state index contributed by atoms with van der Waals surface area (Å²) in [6, 6.07) is 5.89. The van der Waals surface area contributed by atoms with Crippen molar-refractivity contribution < 1.29 is 14.3 Å². The van der Waals surface area contributed by atoms with Gasteiger partial charge in [-0.05, 0) is 44.0 Å². The standard InChI is InChI=1S/C17H20ClNO3/c1-3-22-16(21)12-10-19(2)17(9-15(12)20)8-7-11-13(17)5-4-6-14(11)18/h4-6,12H,3,7-10H2,1-2H3. The largest absolute Gasteiger partial charge is 0.465 e. The van der Waals surface area contributed by atoms with Crippen LogP contribution in [-0.2, 0) is 26.3 Å². The lowest BCUT2D eigenvalue weighted by Crippen LogP contribution is -2.54. The Balaban J connectivity index is 1.92. The lowest BCUT2D eigenvalue weighted by Gasteiger charge is -2.45. The number of nitrogens with zero attached hydrogens (tertiary/aromatic N) is 1. The Morgan fingerprint density at radius 2 is 2.27 bits per heavy atom. The van der Waals surface area contributed by atoms with E-state index in [1.54, 1.807) is 6.92 Å². The van der Waals surface area contributed by atoms with Gasteiger partial charge in [-0.2, -0.15) is 0 Å². The highest BCUT2D eigenvalue weighted by Gasteiger charge is 2.50. The van der Waals surface area contributed by atoms with Crippen LogP contribution in [0.25, 0.3) is 0 Å². The Labute approximate surface area is 135 Å². The summed E-state index contributed by atoms with van der Waals surface area (Å²) in [5, 5.41) is 0.766. The first-order chi connectivity index (χ1) is 10.5. The number of ether oxygens (including phenoxy) is 1. The molecule has 0 radical (unpaired) electrons. The molecule has 1 aliphatic heterocycles. The molecule has 0 aromatic heterocycles. The van der Waals surface area contributed by atoms with Gasteiger partial charge in [0.1, 0.15) is 5.92 Å². The van der Waals surface area contributed by atoms with Crippen LogP contribution in [0.3, 0.4) is 0 Å². The van der Waals surface area contributed by atoms with Crippen molar-refractivity contribution >= 4 is 23.4 Å². The molecular weight excluding hydrogens is 302 g/mol. The Bertz CT molecular complexity index is 630. The second kappa shape index (κ2) is 5.67. The molecule has 1 aromatic carbocycles. The first kappa shape index (κ1) is 15.5. The summed E-state index contributed by atoms with van der Waals surface area (Å²) in [6.45, 7) is 2.46. The van der Waals surface area contributed by atoms with E-state index in [0.29, 0.717) is 19.6 Å². The molecule has 2 aliphatic rings. The number of piperidine rings is 1. The lowest BCUT2D eigenvalue weighted by atomic mass is 9.78. The number of hydrogen-bond acceptors (Lipinski definition) is 4. The lowest BCUT2D eigenvalue weighted by molar-refractivity contribution is -0.156. The Morgan fingerprint density at radius 3 is 3.00 bits per heavy atom. The summed E-state index contributed by atoms with van der Waals surface area (Å²) in [4.78, 5) is 26.7. The van der Waals surface area contributed by atoms with Crippen LogP contribution >= 0.6 is 11.6 Å². The molecule has 1 heterocycles. The van der Waals surface area contributed by atoms with Crippen LogP contribution < -0.4 is 0 Å². The normalized spacial score (nSPS) is 28.0. The Morgan fingerprint density at radius 1 is 1.50 bits per heavy atom. The van der Waals surface area contributed by atoms with Crippen LogP contribution in [0.2, 0.25) is 5.02 Å². The van der Waals surface area contributed by atoms with Gasteiger partial charge in [0, 0.05) is 18.0 Å². The van der Waals surface area contributed by atoms with Crippen molar-refractivity contribution in [1.29, 1.82) is 0 Å². The van der Waals surface area contributed by atoms with Crippen molar-refractivity contribution in [2.24, 2.45) is 5.92 Å². The SMILES string of the molecule is CCOC(=O)C1CN(C)C2(CCc3c(Cl)cccc32)CC1=O. The minimum Gasteiger partial charge on any atom is -0.465 e. The van der Waals surface area contributed by atoms with E-state index in [4.69, 9.17) is 16.3 Å². The van der Waals surface area contributed by atoms with E-state index >= 15 is 0 Å². The summed E-state index contributed by atoms with van der Waals surface area (Å²) >= 11 is 6.30. The molecule has 4 nitrogen and oxygen atoms in total. The number of Topliss-reactive ketones (excluding diaryl/α,β-unsaturated/α-hetero) is 1. The highest BCUT2D eigenvalue weighted by atomic mass is 35.5. The fourth-order valence-electron chi connectivity index (χ4n) is 3.84. The van der Waals surface area contributed by atoms with Crippen LogP contribution in [0.5, 0.6) is 0 Å². The first-order valence-electron chi connectivity index (χ1n) is 7.68. The Hall–Kier alpha value is -1.39. The van der Waals surface area contributed by atoms with E-state index in [0.717, 1.165) is 29.0 Å². The summed E-state index contributed by atoms with van der Waals surface area (Å²) in [5.74, 6) is -1.10. The molecule has 0 amide bonds. The van der Waals surface area contributed by atoms with Gasteiger partial charge in [0.15, 0.2) is 5.78 Å². The van der Waals surface area contributed by atoms with E-state index in [9.17, 15) is 9.59 Å². The zero-order valence-electron chi connectivity index (χ0n) is 12.9. The third kappa shape index (κ3) is 2.25. The van der Waals surface area contributed by atoms with Crippen molar-refractivity contribution in [2.75, 3.05) is 20.2 Å². The highest BCUT2D eigenvalue weighted by molar-refractivity contribution is 6.31. The van der Waals surface area contributed by atoms with Crippen LogP contribution in [0.4, 0.5) is 0 Å². The van der Waals surface area contributed by atoms with Gasteiger partial charge in [0.05, 0.1) is 12.1 Å². The van der Waals surface area contributed by atoms with E-state index in [1.165, 1.54) is 0 Å².